The number of aromatic nitrogens is 1. The Balaban J connectivity index is 2.60. The van der Waals surface area contributed by atoms with Crippen LogP contribution in [-0.4, -0.2) is 4.98 Å². The number of hydrogen-bond acceptors (Lipinski definition) is 1. The van der Waals surface area contributed by atoms with Gasteiger partial charge in [0, 0.05) is 10.8 Å². The van der Waals surface area contributed by atoms with Gasteiger partial charge in [0.25, 0.3) is 0 Å². The Morgan fingerprint density at radius 3 is 1.73 bits per heavy atom. The van der Waals surface area contributed by atoms with E-state index in [1.807, 2.05) is 36.4 Å². The van der Waals surface area contributed by atoms with Gasteiger partial charge >= 0.3 is 0 Å². The number of hydrogen-bond donors (Lipinski definition) is 0. The van der Waals surface area contributed by atoms with Crippen molar-refractivity contribution in [3.63, 3.8) is 0 Å². The summed E-state index contributed by atoms with van der Waals surface area (Å²) >= 11 is 0. The first-order valence-electron chi connectivity index (χ1n) is 4.96. The van der Waals surface area contributed by atoms with Gasteiger partial charge in [-0.15, -0.1) is 0 Å². The summed E-state index contributed by atoms with van der Waals surface area (Å²) < 4.78 is 0. The summed E-state index contributed by atoms with van der Waals surface area (Å²) in [6.07, 6.45) is 0. The molecule has 0 amide bonds. The third-order valence-electron chi connectivity index (χ3n) is 2.70. The summed E-state index contributed by atoms with van der Waals surface area (Å²) in [6.45, 7) is 4.14. The highest BCUT2D eigenvalue weighted by Crippen LogP contribution is 2.24. The lowest BCUT2D eigenvalue weighted by molar-refractivity contribution is 1.49. The fourth-order valence-corrected chi connectivity index (χ4v) is 1.93. The molecule has 1 heteroatoms. The van der Waals surface area contributed by atoms with Crippen molar-refractivity contribution >= 4 is 21.8 Å². The maximum atomic E-state index is 4.60. The second kappa shape index (κ2) is 3.06. The summed E-state index contributed by atoms with van der Waals surface area (Å²) in [5.41, 5.74) is 3.10. The van der Waals surface area contributed by atoms with Gasteiger partial charge in [0.1, 0.15) is 0 Å². The number of rotatable bonds is 0. The molecule has 0 spiro atoms. The minimum Gasteiger partial charge on any atom is -0.248 e. The van der Waals surface area contributed by atoms with Crippen molar-refractivity contribution in [2.24, 2.45) is 0 Å². The summed E-state index contributed by atoms with van der Waals surface area (Å²) in [7, 11) is 0. The minimum atomic E-state index is 1.02. The Bertz CT molecular complexity index is 587. The molecule has 0 fully saturated rings. The van der Waals surface area contributed by atoms with Crippen LogP contribution in [0.25, 0.3) is 21.8 Å². The van der Waals surface area contributed by atoms with E-state index >= 15 is 0 Å². The summed E-state index contributed by atoms with van der Waals surface area (Å²) in [4.78, 5) is 4.60. The Kier molecular flexibility index (Phi) is 1.72. The molecule has 0 aliphatic carbocycles. The van der Waals surface area contributed by atoms with Gasteiger partial charge in [-0.2, -0.15) is 0 Å². The van der Waals surface area contributed by atoms with Crippen LogP contribution in [0.2, 0.25) is 0 Å². The molecule has 2 aromatic carbocycles. The average molecular weight is 192 g/mol. The van der Waals surface area contributed by atoms with Crippen LogP contribution in [-0.2, 0) is 0 Å². The third-order valence-corrected chi connectivity index (χ3v) is 2.70. The van der Waals surface area contributed by atoms with Gasteiger partial charge in [0.15, 0.2) is 0 Å². The molecule has 3 aromatic rings. The summed E-state index contributed by atoms with van der Waals surface area (Å²) in [5.74, 6) is 0. The predicted octanol–water partition coefficient (Wildman–Crippen LogP) is 3.57. The number of nitrogens with zero attached hydrogens (tertiary/aromatic N) is 1. The van der Waals surface area contributed by atoms with Crippen LogP contribution in [0.1, 0.15) is 5.56 Å². The first-order chi connectivity index (χ1) is 7.36. The lowest BCUT2D eigenvalue weighted by Crippen LogP contribution is -1.86. The van der Waals surface area contributed by atoms with Gasteiger partial charge in [-0.25, -0.2) is 4.98 Å². The van der Waals surface area contributed by atoms with Crippen molar-refractivity contribution < 1.29 is 0 Å². The highest BCUT2D eigenvalue weighted by atomic mass is 14.7. The van der Waals surface area contributed by atoms with Crippen LogP contribution >= 0.6 is 0 Å². The van der Waals surface area contributed by atoms with Gasteiger partial charge < -0.3 is 0 Å². The van der Waals surface area contributed by atoms with Crippen LogP contribution in [0.3, 0.4) is 0 Å². The van der Waals surface area contributed by atoms with Crippen molar-refractivity contribution in [2.45, 2.75) is 0 Å². The molecule has 1 aromatic heterocycles. The molecule has 1 radical (unpaired) electrons. The van der Waals surface area contributed by atoms with E-state index in [9.17, 15) is 0 Å². The van der Waals surface area contributed by atoms with Crippen molar-refractivity contribution in [2.75, 3.05) is 0 Å². The lowest BCUT2D eigenvalue weighted by atomic mass is 10.0. The zero-order valence-corrected chi connectivity index (χ0v) is 8.27. The molecular formula is C14H10N. The van der Waals surface area contributed by atoms with Gasteiger partial charge in [-0.05, 0) is 24.6 Å². The third kappa shape index (κ3) is 1.20. The molecule has 0 N–H and O–H groups in total. The molecule has 0 unspecified atom stereocenters. The number of para-hydroxylation sites is 2. The Labute approximate surface area is 88.4 Å². The van der Waals surface area contributed by atoms with Crippen molar-refractivity contribution in [3.8, 4) is 0 Å². The van der Waals surface area contributed by atoms with E-state index < -0.39 is 0 Å². The SMILES string of the molecule is [CH2]c1c2ccccc2nc2ccccc12. The van der Waals surface area contributed by atoms with Gasteiger partial charge in [-0.1, -0.05) is 36.4 Å². The van der Waals surface area contributed by atoms with Gasteiger partial charge in [0.2, 0.25) is 0 Å². The van der Waals surface area contributed by atoms with E-state index in [0.717, 1.165) is 27.4 Å². The number of pyridine rings is 1. The monoisotopic (exact) mass is 192 g/mol. The smallest absolute Gasteiger partial charge is 0.0712 e. The molecule has 0 aliphatic rings. The van der Waals surface area contributed by atoms with Crippen LogP contribution < -0.4 is 0 Å². The fraction of sp³-hybridized carbons (Fsp3) is 0. The van der Waals surface area contributed by atoms with E-state index in [0.29, 0.717) is 0 Å². The van der Waals surface area contributed by atoms with Crippen LogP contribution in [0.5, 0.6) is 0 Å². The Morgan fingerprint density at radius 1 is 0.733 bits per heavy atom. The van der Waals surface area contributed by atoms with Crippen LogP contribution in [0, 0.1) is 6.92 Å². The molecular weight excluding hydrogens is 182 g/mol. The average Bonchev–Trinajstić information content (AvgIpc) is 2.30. The largest absolute Gasteiger partial charge is 0.248 e. The summed E-state index contributed by atoms with van der Waals surface area (Å²) in [6, 6.07) is 16.2. The number of benzene rings is 2. The zero-order chi connectivity index (χ0) is 10.3. The molecule has 0 saturated carbocycles. The number of fused-ring (bicyclic) bond motifs is 2. The van der Waals surface area contributed by atoms with E-state index in [4.69, 9.17) is 0 Å². The second-order valence-electron chi connectivity index (χ2n) is 3.62. The second-order valence-corrected chi connectivity index (χ2v) is 3.62. The Morgan fingerprint density at radius 2 is 1.20 bits per heavy atom. The maximum absolute atomic E-state index is 4.60. The fourth-order valence-electron chi connectivity index (χ4n) is 1.93. The predicted molar refractivity (Wildman–Crippen MR) is 63.7 cm³/mol. The lowest BCUT2D eigenvalue weighted by Gasteiger charge is -2.05. The topological polar surface area (TPSA) is 12.9 Å². The standard InChI is InChI=1S/C14H10N/c1-10-11-6-2-4-8-13(11)15-14-9-5-3-7-12(10)14/h2-9H,1H2. The molecule has 71 valence electrons. The summed E-state index contributed by atoms with van der Waals surface area (Å²) in [5, 5.41) is 2.27. The first-order valence-corrected chi connectivity index (χ1v) is 4.96. The van der Waals surface area contributed by atoms with E-state index in [-0.39, 0.29) is 0 Å². The molecule has 3 rings (SSSR count). The first kappa shape index (κ1) is 8.42. The highest BCUT2D eigenvalue weighted by Gasteiger charge is 2.03. The van der Waals surface area contributed by atoms with Crippen LogP contribution in [0.15, 0.2) is 48.5 Å². The highest BCUT2D eigenvalue weighted by molar-refractivity contribution is 5.97. The van der Waals surface area contributed by atoms with E-state index in [1.165, 1.54) is 0 Å². The normalized spacial score (nSPS) is 11.0. The quantitative estimate of drug-likeness (QED) is 0.496. The molecule has 0 bridgehead atoms. The maximum Gasteiger partial charge on any atom is 0.0712 e. The van der Waals surface area contributed by atoms with Crippen molar-refractivity contribution in [3.05, 3.63) is 61.0 Å². The van der Waals surface area contributed by atoms with E-state index in [2.05, 4.69) is 24.0 Å². The van der Waals surface area contributed by atoms with Gasteiger partial charge in [-0.3, -0.25) is 0 Å². The Hall–Kier alpha value is -1.89. The molecule has 1 heterocycles. The van der Waals surface area contributed by atoms with Crippen molar-refractivity contribution in [1.82, 2.24) is 4.98 Å². The molecule has 0 aliphatic heterocycles. The molecule has 15 heavy (non-hydrogen) atoms. The molecule has 0 saturated heterocycles. The molecule has 0 atom stereocenters. The van der Waals surface area contributed by atoms with Crippen LogP contribution in [0.4, 0.5) is 0 Å². The molecule has 1 nitrogen and oxygen atoms in total. The zero-order valence-electron chi connectivity index (χ0n) is 8.27. The van der Waals surface area contributed by atoms with Crippen molar-refractivity contribution in [1.29, 1.82) is 0 Å². The van der Waals surface area contributed by atoms with Gasteiger partial charge in [0.05, 0.1) is 11.0 Å². The minimum absolute atomic E-state index is 1.02. The van der Waals surface area contributed by atoms with E-state index in [1.54, 1.807) is 0 Å².